The minimum absolute atomic E-state index is 0.120. The van der Waals surface area contributed by atoms with Crippen LogP contribution in [0.25, 0.3) is 0 Å². The largest absolute Gasteiger partial charge is 0.486 e. The molecule has 1 amide bonds. The maximum atomic E-state index is 12.1. The molecule has 1 N–H and O–H groups in total. The van der Waals surface area contributed by atoms with Crippen molar-refractivity contribution in [3.8, 4) is 11.5 Å². The highest BCUT2D eigenvalue weighted by Crippen LogP contribution is 2.30. The molecule has 1 aliphatic rings. The van der Waals surface area contributed by atoms with E-state index in [0.29, 0.717) is 30.3 Å². The van der Waals surface area contributed by atoms with E-state index < -0.39 is 5.97 Å². The zero-order valence-corrected chi connectivity index (χ0v) is 13.9. The first-order valence-corrected chi connectivity index (χ1v) is 8.41. The third-order valence-corrected chi connectivity index (χ3v) is 4.51. The fourth-order valence-electron chi connectivity index (χ4n) is 2.28. The molecular formula is C17H17NO5S. The number of thiophene rings is 1. The summed E-state index contributed by atoms with van der Waals surface area (Å²) in [5.41, 5.74) is 0.318. The Morgan fingerprint density at radius 2 is 2.04 bits per heavy atom. The van der Waals surface area contributed by atoms with Crippen LogP contribution in [0.1, 0.15) is 28.2 Å². The average Bonchev–Trinajstić information content (AvgIpc) is 3.14. The second-order valence-corrected chi connectivity index (χ2v) is 6.22. The van der Waals surface area contributed by atoms with Gasteiger partial charge >= 0.3 is 5.97 Å². The fraction of sp³-hybridized carbons (Fsp3) is 0.294. The van der Waals surface area contributed by atoms with Gasteiger partial charge in [-0.05, 0) is 36.6 Å². The molecule has 0 fully saturated rings. The van der Waals surface area contributed by atoms with Crippen molar-refractivity contribution in [2.75, 3.05) is 19.8 Å². The van der Waals surface area contributed by atoms with Gasteiger partial charge in [0.05, 0.1) is 11.6 Å². The quantitative estimate of drug-likeness (QED) is 0.842. The summed E-state index contributed by atoms with van der Waals surface area (Å²) in [4.78, 5) is 25.0. The Hall–Kier alpha value is -2.54. The van der Waals surface area contributed by atoms with E-state index in [1.54, 1.807) is 29.5 Å². The Kier molecular flexibility index (Phi) is 5.00. The third kappa shape index (κ3) is 3.86. The monoisotopic (exact) mass is 347 g/mol. The maximum Gasteiger partial charge on any atom is 0.338 e. The molecule has 1 aromatic carbocycles. The summed E-state index contributed by atoms with van der Waals surface area (Å²) in [6.07, 6.45) is 0. The van der Waals surface area contributed by atoms with E-state index in [-0.39, 0.29) is 18.6 Å². The summed E-state index contributed by atoms with van der Waals surface area (Å²) < 4.78 is 15.9. The number of hydrogen-bond acceptors (Lipinski definition) is 6. The molecule has 0 aliphatic carbocycles. The van der Waals surface area contributed by atoms with Crippen LogP contribution in [-0.2, 0) is 9.53 Å². The zero-order valence-electron chi connectivity index (χ0n) is 13.1. The highest BCUT2D eigenvalue weighted by atomic mass is 32.1. The summed E-state index contributed by atoms with van der Waals surface area (Å²) >= 11 is 1.56. The number of fused-ring (bicyclic) bond motifs is 1. The van der Waals surface area contributed by atoms with Gasteiger partial charge in [0.25, 0.3) is 5.91 Å². The Morgan fingerprint density at radius 3 is 2.79 bits per heavy atom. The van der Waals surface area contributed by atoms with E-state index in [0.717, 1.165) is 4.88 Å². The van der Waals surface area contributed by atoms with Gasteiger partial charge in [-0.25, -0.2) is 4.79 Å². The molecule has 24 heavy (non-hydrogen) atoms. The Labute approximate surface area is 143 Å². The second-order valence-electron chi connectivity index (χ2n) is 5.24. The first kappa shape index (κ1) is 16.3. The predicted molar refractivity (Wildman–Crippen MR) is 88.6 cm³/mol. The van der Waals surface area contributed by atoms with Gasteiger partial charge in [0.1, 0.15) is 13.2 Å². The molecule has 0 radical (unpaired) electrons. The first-order valence-electron chi connectivity index (χ1n) is 7.53. The molecule has 1 aromatic heterocycles. The van der Waals surface area contributed by atoms with Gasteiger partial charge in [0.15, 0.2) is 18.1 Å². The van der Waals surface area contributed by atoms with Gasteiger partial charge in [-0.1, -0.05) is 6.07 Å². The zero-order chi connectivity index (χ0) is 16.9. The summed E-state index contributed by atoms with van der Waals surface area (Å²) in [5.74, 6) is 0.180. The average molecular weight is 347 g/mol. The standard InChI is InChI=1S/C17H17NO5S/c1-11(15-3-2-8-24-15)18-16(19)10-23-17(20)12-4-5-13-14(9-12)22-7-6-21-13/h2-5,8-9,11H,6-7,10H2,1H3,(H,18,19)/t11-/m0/s1. The lowest BCUT2D eigenvalue weighted by atomic mass is 10.2. The molecule has 0 bridgehead atoms. The number of esters is 1. The summed E-state index contributed by atoms with van der Waals surface area (Å²) in [7, 11) is 0. The molecule has 7 heteroatoms. The topological polar surface area (TPSA) is 73.9 Å². The highest BCUT2D eigenvalue weighted by Gasteiger charge is 2.17. The van der Waals surface area contributed by atoms with Crippen LogP contribution < -0.4 is 14.8 Å². The minimum Gasteiger partial charge on any atom is -0.486 e. The van der Waals surface area contributed by atoms with E-state index >= 15 is 0 Å². The molecule has 0 unspecified atom stereocenters. The van der Waals surface area contributed by atoms with Crippen molar-refractivity contribution >= 4 is 23.2 Å². The van der Waals surface area contributed by atoms with Gasteiger partial charge in [0, 0.05) is 4.88 Å². The van der Waals surface area contributed by atoms with Crippen LogP contribution in [0.3, 0.4) is 0 Å². The number of nitrogens with one attached hydrogen (secondary N) is 1. The number of carbonyl (C=O) groups excluding carboxylic acids is 2. The molecule has 1 atom stereocenters. The molecule has 0 spiro atoms. The summed E-state index contributed by atoms with van der Waals surface area (Å²) in [6.45, 7) is 2.48. The molecule has 0 saturated carbocycles. The predicted octanol–water partition coefficient (Wildman–Crippen LogP) is 2.55. The summed E-state index contributed by atoms with van der Waals surface area (Å²) in [5, 5.41) is 4.73. The van der Waals surface area contributed by atoms with Gasteiger partial charge in [-0.2, -0.15) is 0 Å². The normalized spacial score (nSPS) is 13.9. The molecule has 3 rings (SSSR count). The SMILES string of the molecule is C[C@H](NC(=O)COC(=O)c1ccc2c(c1)OCCO2)c1cccs1. The van der Waals surface area contributed by atoms with Crippen LogP contribution in [0, 0.1) is 0 Å². The molecule has 0 saturated heterocycles. The third-order valence-electron chi connectivity index (χ3n) is 3.46. The van der Waals surface area contributed by atoms with Crippen molar-refractivity contribution in [1.29, 1.82) is 0 Å². The lowest BCUT2D eigenvalue weighted by molar-refractivity contribution is -0.124. The van der Waals surface area contributed by atoms with Crippen molar-refractivity contribution in [3.05, 3.63) is 46.2 Å². The lowest BCUT2D eigenvalue weighted by Gasteiger charge is -2.18. The Bertz CT molecular complexity index is 729. The fourth-order valence-corrected chi connectivity index (χ4v) is 3.01. The van der Waals surface area contributed by atoms with Crippen LogP contribution in [-0.4, -0.2) is 31.7 Å². The van der Waals surface area contributed by atoms with Crippen LogP contribution in [0.4, 0.5) is 0 Å². The molecular weight excluding hydrogens is 330 g/mol. The van der Waals surface area contributed by atoms with E-state index in [4.69, 9.17) is 14.2 Å². The maximum absolute atomic E-state index is 12.1. The van der Waals surface area contributed by atoms with Gasteiger partial charge < -0.3 is 19.5 Å². The number of carbonyl (C=O) groups is 2. The summed E-state index contributed by atoms with van der Waals surface area (Å²) in [6, 6.07) is 8.54. The number of hydrogen-bond donors (Lipinski definition) is 1. The number of amides is 1. The number of rotatable bonds is 5. The van der Waals surface area contributed by atoms with Crippen molar-refractivity contribution in [2.45, 2.75) is 13.0 Å². The number of benzene rings is 1. The van der Waals surface area contributed by atoms with Crippen LogP contribution in [0.2, 0.25) is 0 Å². The van der Waals surface area contributed by atoms with Crippen LogP contribution in [0.15, 0.2) is 35.7 Å². The number of ether oxygens (including phenoxy) is 3. The lowest BCUT2D eigenvalue weighted by Crippen LogP contribution is -2.30. The van der Waals surface area contributed by atoms with E-state index in [2.05, 4.69) is 5.32 Å². The molecule has 2 aromatic rings. The van der Waals surface area contributed by atoms with Gasteiger partial charge in [0.2, 0.25) is 0 Å². The molecule has 2 heterocycles. The molecule has 126 valence electrons. The Morgan fingerprint density at radius 1 is 1.25 bits per heavy atom. The van der Waals surface area contributed by atoms with Gasteiger partial charge in [-0.15, -0.1) is 11.3 Å². The van der Waals surface area contributed by atoms with Crippen molar-refractivity contribution in [2.24, 2.45) is 0 Å². The molecule has 1 aliphatic heterocycles. The van der Waals surface area contributed by atoms with Crippen molar-refractivity contribution in [3.63, 3.8) is 0 Å². The smallest absolute Gasteiger partial charge is 0.338 e. The van der Waals surface area contributed by atoms with Crippen LogP contribution >= 0.6 is 11.3 Å². The van der Waals surface area contributed by atoms with E-state index in [1.807, 2.05) is 24.4 Å². The van der Waals surface area contributed by atoms with E-state index in [9.17, 15) is 9.59 Å². The Balaban J connectivity index is 1.52. The van der Waals surface area contributed by atoms with Crippen molar-refractivity contribution < 1.29 is 23.8 Å². The van der Waals surface area contributed by atoms with Crippen molar-refractivity contribution in [1.82, 2.24) is 5.32 Å². The van der Waals surface area contributed by atoms with Gasteiger partial charge in [-0.3, -0.25) is 4.79 Å². The van der Waals surface area contributed by atoms with E-state index in [1.165, 1.54) is 0 Å². The second kappa shape index (κ2) is 7.35. The highest BCUT2D eigenvalue weighted by molar-refractivity contribution is 7.10. The van der Waals surface area contributed by atoms with Crippen LogP contribution in [0.5, 0.6) is 11.5 Å². The first-order chi connectivity index (χ1) is 11.6. The minimum atomic E-state index is -0.578. The molecule has 6 nitrogen and oxygen atoms in total.